The van der Waals surface area contributed by atoms with E-state index in [0.717, 1.165) is 11.5 Å². The number of amides is 2. The summed E-state index contributed by atoms with van der Waals surface area (Å²) in [5.74, 6) is -0.870. The number of hydrogen-bond acceptors (Lipinski definition) is 9. The first kappa shape index (κ1) is 21.3. The Labute approximate surface area is 196 Å². The van der Waals surface area contributed by atoms with Crippen molar-refractivity contribution in [3.63, 3.8) is 0 Å². The van der Waals surface area contributed by atoms with Crippen LogP contribution in [0.1, 0.15) is 23.0 Å². The molecule has 0 unspecified atom stereocenters. The minimum Gasteiger partial charge on any atom is -0.505 e. The summed E-state index contributed by atoms with van der Waals surface area (Å²) >= 11 is 0.974. The van der Waals surface area contributed by atoms with Crippen molar-refractivity contribution in [3.8, 4) is 5.75 Å². The van der Waals surface area contributed by atoms with Crippen LogP contribution >= 0.6 is 11.5 Å². The number of phenolic OH excluding ortho intramolecular Hbond substituents is 1. The molecule has 4 N–H and O–H groups in total. The molecule has 2 amide bonds. The fourth-order valence-corrected chi connectivity index (χ4v) is 4.23. The zero-order valence-corrected chi connectivity index (χ0v) is 18.6. The second-order valence-corrected chi connectivity index (χ2v) is 8.19. The van der Waals surface area contributed by atoms with Crippen LogP contribution in [0.3, 0.4) is 0 Å². The van der Waals surface area contributed by atoms with Crippen LogP contribution in [-0.2, 0) is 4.79 Å². The number of nitrogens with two attached hydrogens (primary N) is 1. The summed E-state index contributed by atoms with van der Waals surface area (Å²) < 4.78 is 4.32. The van der Waals surface area contributed by atoms with Gasteiger partial charge in [-0.15, -0.1) is 15.3 Å². The van der Waals surface area contributed by atoms with E-state index in [1.54, 1.807) is 43.3 Å². The number of fused-ring (bicyclic) bond motifs is 4. The molecular formula is C23H17N7O3S. The van der Waals surface area contributed by atoms with Crippen LogP contribution < -0.4 is 11.1 Å². The van der Waals surface area contributed by atoms with E-state index in [1.165, 1.54) is 0 Å². The van der Waals surface area contributed by atoms with E-state index in [9.17, 15) is 14.7 Å². The zero-order chi connectivity index (χ0) is 23.8. The van der Waals surface area contributed by atoms with Crippen molar-refractivity contribution in [2.75, 3.05) is 5.32 Å². The average Bonchev–Trinajstić information content (AvgIpc) is 3.30. The molecule has 0 radical (unpaired) electrons. The molecule has 2 aromatic heterocycles. The van der Waals surface area contributed by atoms with Gasteiger partial charge >= 0.3 is 0 Å². The van der Waals surface area contributed by atoms with E-state index in [4.69, 9.17) is 5.73 Å². The highest BCUT2D eigenvalue weighted by Gasteiger charge is 2.16. The lowest BCUT2D eigenvalue weighted by atomic mass is 10.1. The Bertz CT molecular complexity index is 1640. The molecule has 0 fully saturated rings. The maximum atomic E-state index is 11.9. The molecule has 0 saturated carbocycles. The van der Waals surface area contributed by atoms with Crippen LogP contribution in [-0.4, -0.2) is 31.5 Å². The predicted octanol–water partition coefficient (Wildman–Crippen LogP) is 4.96. The van der Waals surface area contributed by atoms with Crippen LogP contribution in [0.15, 0.2) is 58.8 Å². The van der Waals surface area contributed by atoms with Gasteiger partial charge in [0.05, 0.1) is 22.6 Å². The number of aromatic hydroxyl groups is 1. The predicted molar refractivity (Wildman–Crippen MR) is 130 cm³/mol. The zero-order valence-electron chi connectivity index (χ0n) is 17.8. The maximum Gasteiger partial charge on any atom is 0.262 e. The monoisotopic (exact) mass is 471 g/mol. The van der Waals surface area contributed by atoms with Crippen molar-refractivity contribution >= 4 is 73.1 Å². The van der Waals surface area contributed by atoms with Gasteiger partial charge in [-0.05, 0) is 35.8 Å². The number of nitrogens with one attached hydrogen (secondary N) is 1. The number of azo groups is 1. The van der Waals surface area contributed by atoms with E-state index >= 15 is 0 Å². The quantitative estimate of drug-likeness (QED) is 0.243. The first-order valence-electron chi connectivity index (χ1n) is 10.3. The van der Waals surface area contributed by atoms with E-state index in [2.05, 4.69) is 30.1 Å². The molecule has 5 aromatic rings. The molecule has 0 aliphatic carbocycles. The molecule has 0 bridgehead atoms. The molecular weight excluding hydrogens is 454 g/mol. The van der Waals surface area contributed by atoms with Gasteiger partial charge < -0.3 is 16.2 Å². The van der Waals surface area contributed by atoms with E-state index in [0.29, 0.717) is 44.1 Å². The van der Waals surface area contributed by atoms with Crippen LogP contribution in [0.25, 0.3) is 32.7 Å². The van der Waals surface area contributed by atoms with Crippen LogP contribution in [0, 0.1) is 0 Å². The maximum absolute atomic E-state index is 11.9. The molecule has 10 nitrogen and oxygen atoms in total. The Morgan fingerprint density at radius 2 is 1.82 bits per heavy atom. The van der Waals surface area contributed by atoms with Gasteiger partial charge in [-0.3, -0.25) is 9.59 Å². The molecule has 0 spiro atoms. The lowest BCUT2D eigenvalue weighted by molar-refractivity contribution is -0.115. The number of benzene rings is 3. The molecule has 0 aliphatic heterocycles. The number of carbonyl (C=O) groups is 2. The molecule has 0 aliphatic rings. The topological polar surface area (TPSA) is 156 Å². The molecule has 0 saturated heterocycles. The fraction of sp³-hybridized carbons (Fsp3) is 0.0870. The van der Waals surface area contributed by atoms with E-state index in [-0.39, 0.29) is 28.6 Å². The number of carbonyl (C=O) groups excluding carboxylic acids is 2. The molecule has 3 aromatic carbocycles. The van der Waals surface area contributed by atoms with Crippen molar-refractivity contribution in [2.45, 2.75) is 13.3 Å². The van der Waals surface area contributed by atoms with Crippen LogP contribution in [0.2, 0.25) is 0 Å². The number of aromatic nitrogens is 3. The first-order valence-corrected chi connectivity index (χ1v) is 11.1. The van der Waals surface area contributed by atoms with Gasteiger partial charge in [-0.2, -0.15) is 9.49 Å². The Kier molecular flexibility index (Phi) is 5.30. The summed E-state index contributed by atoms with van der Waals surface area (Å²) in [6.07, 6.45) is 0.270. The highest BCUT2D eigenvalue weighted by atomic mass is 32.1. The minimum atomic E-state index is -0.609. The summed E-state index contributed by atoms with van der Waals surface area (Å²) in [4.78, 5) is 23.8. The Hall–Kier alpha value is -4.51. The van der Waals surface area contributed by atoms with Crippen molar-refractivity contribution in [2.24, 2.45) is 16.0 Å². The Balaban J connectivity index is 1.61. The summed E-state index contributed by atoms with van der Waals surface area (Å²) in [5.41, 5.74) is 8.11. The van der Waals surface area contributed by atoms with Gasteiger partial charge in [-0.25, -0.2) is 0 Å². The molecule has 5 rings (SSSR count). The third-order valence-electron chi connectivity index (χ3n) is 5.25. The summed E-state index contributed by atoms with van der Waals surface area (Å²) in [6.45, 7) is 1.73. The molecule has 0 atom stereocenters. The Morgan fingerprint density at radius 1 is 1.03 bits per heavy atom. The molecule has 11 heteroatoms. The highest BCUT2D eigenvalue weighted by Crippen LogP contribution is 2.40. The third kappa shape index (κ3) is 3.67. The summed E-state index contributed by atoms with van der Waals surface area (Å²) in [7, 11) is 0. The Morgan fingerprint density at radius 3 is 2.59 bits per heavy atom. The second-order valence-electron chi connectivity index (χ2n) is 7.41. The number of rotatable bonds is 5. The third-order valence-corrected chi connectivity index (χ3v) is 6.10. The SMILES string of the molecule is CCC(=O)Nc1cc(/N=N/c2ccc3nnc4c(C(N)=O)snc4c3c2)c2ccccc2c1O. The second kappa shape index (κ2) is 8.45. The van der Waals surface area contributed by atoms with Gasteiger partial charge in [-0.1, -0.05) is 31.2 Å². The lowest BCUT2D eigenvalue weighted by Gasteiger charge is -2.11. The van der Waals surface area contributed by atoms with Crippen molar-refractivity contribution in [1.29, 1.82) is 0 Å². The van der Waals surface area contributed by atoms with Gasteiger partial charge in [0.25, 0.3) is 5.91 Å². The molecule has 34 heavy (non-hydrogen) atoms. The summed E-state index contributed by atoms with van der Waals surface area (Å²) in [5, 5.41) is 32.2. The number of phenols is 1. The number of nitrogens with zero attached hydrogens (tertiary/aromatic N) is 5. The van der Waals surface area contributed by atoms with Gasteiger partial charge in [0.15, 0.2) is 0 Å². The molecule has 168 valence electrons. The van der Waals surface area contributed by atoms with Crippen molar-refractivity contribution in [1.82, 2.24) is 14.6 Å². The van der Waals surface area contributed by atoms with Gasteiger partial charge in [0.1, 0.15) is 21.7 Å². The van der Waals surface area contributed by atoms with Gasteiger partial charge in [0.2, 0.25) is 5.91 Å². The van der Waals surface area contributed by atoms with Crippen LogP contribution in [0.4, 0.5) is 17.1 Å². The minimum absolute atomic E-state index is 0.0307. The lowest BCUT2D eigenvalue weighted by Crippen LogP contribution is -2.09. The van der Waals surface area contributed by atoms with E-state index in [1.807, 2.05) is 12.1 Å². The number of anilines is 1. The smallest absolute Gasteiger partial charge is 0.262 e. The standard InChI is InChI=1S/C23H17N7O3S/c1-2-18(31)25-17-10-16(12-5-3-4-6-13(12)21(17)32)28-26-11-7-8-15-14(9-11)19-20(29-27-15)22(23(24)33)34-30-19/h3-10,32H,2H2,1H3,(H2,24,33)(H,25,31)/b28-26+. The van der Waals surface area contributed by atoms with Crippen molar-refractivity contribution < 1.29 is 14.7 Å². The number of hydrogen-bond donors (Lipinski definition) is 3. The van der Waals surface area contributed by atoms with Crippen LogP contribution in [0.5, 0.6) is 5.75 Å². The van der Waals surface area contributed by atoms with E-state index < -0.39 is 5.91 Å². The molecule has 2 heterocycles. The highest BCUT2D eigenvalue weighted by molar-refractivity contribution is 7.09. The number of primary amides is 1. The fourth-order valence-electron chi connectivity index (χ4n) is 3.55. The largest absolute Gasteiger partial charge is 0.505 e. The van der Waals surface area contributed by atoms with Gasteiger partial charge in [0, 0.05) is 22.6 Å². The van der Waals surface area contributed by atoms with Crippen molar-refractivity contribution in [3.05, 3.63) is 53.4 Å². The normalized spacial score (nSPS) is 11.6. The first-order chi connectivity index (χ1) is 16.5. The average molecular weight is 472 g/mol. The summed E-state index contributed by atoms with van der Waals surface area (Å²) in [6, 6.07) is 14.0.